The van der Waals surface area contributed by atoms with Crippen molar-refractivity contribution < 1.29 is 13.9 Å². The number of carbonyl (C=O) groups is 1. The van der Waals surface area contributed by atoms with Gasteiger partial charge in [-0.3, -0.25) is 4.79 Å². The summed E-state index contributed by atoms with van der Waals surface area (Å²) in [6, 6.07) is 35.3. The molecule has 8 heteroatoms. The Balaban J connectivity index is 1.24. The molecule has 0 saturated carbocycles. The number of hydrogen-bond acceptors (Lipinski definition) is 6. The minimum atomic E-state index is -0.279. The van der Waals surface area contributed by atoms with E-state index in [2.05, 4.69) is 128 Å². The average molecular weight is 747 g/mol. The minimum absolute atomic E-state index is 0.0624. The molecular weight excluding hydrogens is 695 g/mol. The van der Waals surface area contributed by atoms with Gasteiger partial charge in [0.25, 0.3) is 5.91 Å². The highest BCUT2D eigenvalue weighted by atomic mass is 16.5. The molecule has 2 unspecified atom stereocenters. The molecule has 0 aromatic heterocycles. The fraction of sp³-hybridized carbons (Fsp3) is 0.312. The van der Waals surface area contributed by atoms with E-state index in [9.17, 15) is 4.79 Å². The second-order valence-electron chi connectivity index (χ2n) is 14.5. The van der Waals surface area contributed by atoms with Crippen LogP contribution in [0.4, 0.5) is 17.1 Å². The predicted octanol–water partition coefficient (Wildman–Crippen LogP) is 9.66. The number of ether oxygens (including phenoxy) is 1. The van der Waals surface area contributed by atoms with Crippen molar-refractivity contribution in [2.24, 2.45) is 4.99 Å². The van der Waals surface area contributed by atoms with Crippen LogP contribution in [0.1, 0.15) is 75.5 Å². The summed E-state index contributed by atoms with van der Waals surface area (Å²) in [5.74, 6) is 1.33. The molecule has 1 amide bonds. The number of hydrogen-bond donors (Lipinski definition) is 1. The fourth-order valence-electron chi connectivity index (χ4n) is 8.68. The summed E-state index contributed by atoms with van der Waals surface area (Å²) in [5.41, 5.74) is 10.1. The van der Waals surface area contributed by atoms with E-state index in [1.54, 1.807) is 0 Å². The molecule has 8 rings (SSSR count). The van der Waals surface area contributed by atoms with Gasteiger partial charge in [-0.05, 0) is 89.1 Å². The van der Waals surface area contributed by atoms with Crippen molar-refractivity contribution in [3.63, 3.8) is 0 Å². The van der Waals surface area contributed by atoms with Crippen LogP contribution in [0.15, 0.2) is 113 Å². The van der Waals surface area contributed by atoms with Gasteiger partial charge in [0.05, 0.1) is 23.5 Å². The molecule has 2 atom stereocenters. The largest absolute Gasteiger partial charge is 0.485 e. The summed E-state index contributed by atoms with van der Waals surface area (Å²) < 4.78 is 15.8. The summed E-state index contributed by atoms with van der Waals surface area (Å²) in [5, 5.41) is 5.82. The maximum absolute atomic E-state index is 14.7. The van der Waals surface area contributed by atoms with Crippen LogP contribution in [0.25, 0.3) is 33.4 Å². The van der Waals surface area contributed by atoms with Crippen LogP contribution in [0.5, 0.6) is 5.75 Å². The van der Waals surface area contributed by atoms with Crippen LogP contribution in [0.2, 0.25) is 0 Å². The highest BCUT2D eigenvalue weighted by Crippen LogP contribution is 2.45. The van der Waals surface area contributed by atoms with Crippen molar-refractivity contribution in [1.29, 1.82) is 0 Å². The zero-order chi connectivity index (χ0) is 38.9. The molecule has 0 saturated heterocycles. The third kappa shape index (κ3) is 6.61. The van der Waals surface area contributed by atoms with E-state index in [1.807, 2.05) is 36.4 Å². The molecule has 1 N–H and O–H groups in total. The van der Waals surface area contributed by atoms with Gasteiger partial charge in [0.15, 0.2) is 0 Å². The first kappa shape index (κ1) is 37.1. The van der Waals surface area contributed by atoms with E-state index in [4.69, 9.17) is 14.1 Å². The molecule has 286 valence electrons. The lowest BCUT2D eigenvalue weighted by molar-refractivity contribution is 0.100. The van der Waals surface area contributed by atoms with E-state index in [0.29, 0.717) is 12.0 Å². The molecule has 0 radical (unpaired) electrons. The molecule has 2 aliphatic heterocycles. The number of fused-ring (bicyclic) bond motifs is 6. The molecule has 4 aliphatic rings. The Kier molecular flexibility index (Phi) is 10.4. The number of anilines is 3. The number of rotatable bonds is 10. The van der Waals surface area contributed by atoms with Gasteiger partial charge < -0.3 is 24.3 Å². The molecule has 0 spiro atoms. The van der Waals surface area contributed by atoms with Crippen molar-refractivity contribution in [2.75, 3.05) is 54.4 Å². The first-order chi connectivity index (χ1) is 27.4. The molecule has 4 aromatic carbocycles. The quantitative estimate of drug-likeness (QED) is 0.111. The highest BCUT2D eigenvalue weighted by Gasteiger charge is 2.38. The van der Waals surface area contributed by atoms with Crippen LogP contribution < -0.4 is 29.8 Å². The van der Waals surface area contributed by atoms with E-state index in [1.165, 1.54) is 0 Å². The van der Waals surface area contributed by atoms with Crippen molar-refractivity contribution in [3.8, 4) is 28.2 Å². The Morgan fingerprint density at radius 3 is 2.16 bits per heavy atom. The van der Waals surface area contributed by atoms with Gasteiger partial charge in [-0.25, -0.2) is 9.57 Å². The third-order valence-corrected chi connectivity index (χ3v) is 11.7. The number of nitrogens with zero attached hydrogens (tertiary/aromatic N) is 4. The lowest BCUT2D eigenvalue weighted by Crippen LogP contribution is -2.41. The normalized spacial score (nSPS) is 16.4. The smallest absolute Gasteiger partial charge is 0.277 e. The molecular formula is C48H52N5O3+. The van der Waals surface area contributed by atoms with Crippen LogP contribution in [-0.4, -0.2) is 57.0 Å². The van der Waals surface area contributed by atoms with Gasteiger partial charge >= 0.3 is 0 Å². The molecule has 56 heavy (non-hydrogen) atoms. The van der Waals surface area contributed by atoms with Crippen molar-refractivity contribution in [2.45, 2.75) is 60.1 Å². The molecule has 0 bridgehead atoms. The zero-order valence-electron chi connectivity index (χ0n) is 33.4. The van der Waals surface area contributed by atoms with Crippen molar-refractivity contribution in [3.05, 3.63) is 125 Å². The molecule has 2 heterocycles. The van der Waals surface area contributed by atoms with Gasteiger partial charge in [-0.1, -0.05) is 42.5 Å². The Hall–Kier alpha value is -5.89. The van der Waals surface area contributed by atoms with Gasteiger partial charge in [0.1, 0.15) is 36.3 Å². The fourth-order valence-corrected chi connectivity index (χ4v) is 8.68. The summed E-state index contributed by atoms with van der Waals surface area (Å²) in [6.07, 6.45) is 0.269. The van der Waals surface area contributed by atoms with Crippen molar-refractivity contribution >= 4 is 39.7 Å². The number of amides is 1. The number of nitrogens with one attached hydrogen (secondary N) is 1. The topological polar surface area (TPSA) is 73.3 Å². The number of carbonyl (C=O) groups excluding carboxylic acids is 1. The van der Waals surface area contributed by atoms with E-state index >= 15 is 0 Å². The maximum atomic E-state index is 14.7. The second-order valence-corrected chi connectivity index (χ2v) is 14.5. The van der Waals surface area contributed by atoms with Gasteiger partial charge in [-0.2, -0.15) is 0 Å². The predicted molar refractivity (Wildman–Crippen MR) is 231 cm³/mol. The van der Waals surface area contributed by atoms with Crippen LogP contribution in [0, 0.1) is 0 Å². The molecule has 8 nitrogen and oxygen atoms in total. The summed E-state index contributed by atoms with van der Waals surface area (Å²) in [4.78, 5) is 24.3. The van der Waals surface area contributed by atoms with Gasteiger partial charge in [0, 0.05) is 89.8 Å². The Morgan fingerprint density at radius 1 is 0.750 bits per heavy atom. The molecule has 2 aliphatic carbocycles. The first-order valence-electron chi connectivity index (χ1n) is 20.4. The first-order valence-corrected chi connectivity index (χ1v) is 20.4. The average Bonchev–Trinajstić information content (AvgIpc) is 3.23. The molecule has 4 aromatic rings. The number of benzene rings is 5. The highest BCUT2D eigenvalue weighted by molar-refractivity contribution is 6.15. The lowest BCUT2D eigenvalue weighted by Gasteiger charge is -2.40. The third-order valence-electron chi connectivity index (χ3n) is 11.7. The van der Waals surface area contributed by atoms with Crippen LogP contribution >= 0.6 is 0 Å². The Morgan fingerprint density at radius 2 is 1.43 bits per heavy atom. The monoisotopic (exact) mass is 746 g/mol. The van der Waals surface area contributed by atoms with E-state index < -0.39 is 0 Å². The van der Waals surface area contributed by atoms with E-state index in [0.717, 1.165) is 118 Å². The summed E-state index contributed by atoms with van der Waals surface area (Å²) in [7, 11) is 0. The summed E-state index contributed by atoms with van der Waals surface area (Å²) >= 11 is 0. The number of aliphatic imine (C=N–C) groups is 1. The summed E-state index contributed by atoms with van der Waals surface area (Å²) in [6.45, 7) is 18.4. The maximum Gasteiger partial charge on any atom is 0.277 e. The second kappa shape index (κ2) is 15.7. The van der Waals surface area contributed by atoms with Crippen LogP contribution in [0.3, 0.4) is 0 Å². The zero-order valence-corrected chi connectivity index (χ0v) is 33.4. The Labute approximate surface area is 330 Å². The minimum Gasteiger partial charge on any atom is -0.485 e. The van der Waals surface area contributed by atoms with Crippen LogP contribution in [-0.2, 0) is 0 Å². The Bertz CT molecular complexity index is 2490. The van der Waals surface area contributed by atoms with Gasteiger partial charge in [-0.15, -0.1) is 0 Å². The lowest BCUT2D eigenvalue weighted by atomic mass is 9.83. The molecule has 0 fully saturated rings. The SMILES string of the molecule is CCN(CC)c1ccc2c(c1)OC1CC(=NC(=O)c3ccccc3-c3c4ccc(=[N+](CC)CC)cc-4oc4cc(N(CC)CC)ccc34)c3ccccc3C1N2. The van der Waals surface area contributed by atoms with Gasteiger partial charge in [0.2, 0.25) is 5.36 Å². The van der Waals surface area contributed by atoms with E-state index in [-0.39, 0.29) is 18.1 Å². The van der Waals surface area contributed by atoms with Crippen molar-refractivity contribution in [1.82, 2.24) is 4.58 Å². The standard InChI is InChI=1S/C48H51N5O3/c1-7-51(8-2)31-21-24-38-42(27-31)55-43-28-32(52(9-3)10-4)22-25-39(43)46(38)35-18-14-16-20-37(35)48(54)50-41-30-45-47(36-19-15-13-17-34(36)41)49-40-26-23-33(29-44(40)56-45)53(11-5)12-6/h13-29,45,47H,7-12,30H2,1-6H3/p+1.